The van der Waals surface area contributed by atoms with E-state index in [1.807, 2.05) is 32.2 Å². The topological polar surface area (TPSA) is 78.5 Å². The molecule has 1 aliphatic rings. The molecule has 1 saturated heterocycles. The second-order valence-electron chi connectivity index (χ2n) is 5.83. The third-order valence-corrected chi connectivity index (χ3v) is 4.23. The molecule has 7 heteroatoms. The summed E-state index contributed by atoms with van der Waals surface area (Å²) in [6.45, 7) is 3.68. The summed E-state index contributed by atoms with van der Waals surface area (Å²) in [6, 6.07) is 6.33. The van der Waals surface area contributed by atoms with Gasteiger partial charge in [-0.15, -0.1) is 11.8 Å². The number of rotatable bonds is 6. The van der Waals surface area contributed by atoms with Gasteiger partial charge in [0.25, 0.3) is 5.91 Å². The smallest absolute Gasteiger partial charge is 0.325 e. The van der Waals surface area contributed by atoms with Crippen LogP contribution in [0.2, 0.25) is 0 Å². The number of anilines is 1. The highest BCUT2D eigenvalue weighted by molar-refractivity contribution is 7.98. The van der Waals surface area contributed by atoms with Gasteiger partial charge in [-0.2, -0.15) is 0 Å². The molecule has 1 unspecified atom stereocenters. The van der Waals surface area contributed by atoms with Gasteiger partial charge >= 0.3 is 6.03 Å². The molecule has 2 N–H and O–H groups in total. The lowest BCUT2D eigenvalue weighted by molar-refractivity contribution is -0.131. The van der Waals surface area contributed by atoms with Crippen molar-refractivity contribution in [2.45, 2.75) is 31.2 Å². The number of amides is 4. The number of nitrogens with zero attached hydrogens (tertiary/aromatic N) is 1. The van der Waals surface area contributed by atoms with Gasteiger partial charge in [0, 0.05) is 10.6 Å². The first kappa shape index (κ1) is 17.3. The van der Waals surface area contributed by atoms with E-state index in [9.17, 15) is 14.4 Å². The highest BCUT2D eigenvalue weighted by Crippen LogP contribution is 2.18. The van der Waals surface area contributed by atoms with Crippen molar-refractivity contribution in [3.63, 3.8) is 0 Å². The lowest BCUT2D eigenvalue weighted by Crippen LogP contribution is -2.38. The predicted octanol–water partition coefficient (Wildman–Crippen LogP) is 2.31. The van der Waals surface area contributed by atoms with Gasteiger partial charge in [0.2, 0.25) is 5.91 Å². The molecule has 1 heterocycles. The molecule has 2 rings (SSSR count). The molecule has 0 spiro atoms. The van der Waals surface area contributed by atoms with Gasteiger partial charge in [-0.05, 0) is 42.9 Å². The van der Waals surface area contributed by atoms with Crippen molar-refractivity contribution in [3.8, 4) is 0 Å². The number of thioether (sulfide) groups is 1. The summed E-state index contributed by atoms with van der Waals surface area (Å²) in [5, 5.41) is 5.32. The molecule has 0 aliphatic carbocycles. The number of nitrogens with one attached hydrogen (secondary N) is 2. The van der Waals surface area contributed by atoms with Gasteiger partial charge in [-0.25, -0.2) is 4.79 Å². The van der Waals surface area contributed by atoms with Gasteiger partial charge in [0.15, 0.2) is 0 Å². The second kappa shape index (κ2) is 7.50. The normalized spacial score (nSPS) is 17.6. The minimum absolute atomic E-state index is 0.274. The summed E-state index contributed by atoms with van der Waals surface area (Å²) in [5.41, 5.74) is 0.638. The molecular formula is C16H21N3O3S. The van der Waals surface area contributed by atoms with Gasteiger partial charge in [0.05, 0.1) is 0 Å². The first-order chi connectivity index (χ1) is 10.9. The van der Waals surface area contributed by atoms with Gasteiger partial charge in [-0.1, -0.05) is 13.8 Å². The lowest BCUT2D eigenvalue weighted by Gasteiger charge is -2.14. The number of carbonyl (C=O) groups is 3. The van der Waals surface area contributed by atoms with E-state index in [2.05, 4.69) is 10.6 Å². The Morgan fingerprint density at radius 3 is 2.52 bits per heavy atom. The summed E-state index contributed by atoms with van der Waals surface area (Å²) in [7, 11) is 0. The van der Waals surface area contributed by atoms with Crippen LogP contribution in [0.3, 0.4) is 0 Å². The number of hydrogen-bond donors (Lipinski definition) is 2. The highest BCUT2D eigenvalue weighted by atomic mass is 32.2. The molecule has 4 amide bonds. The van der Waals surface area contributed by atoms with Crippen molar-refractivity contribution in [1.29, 1.82) is 0 Å². The van der Waals surface area contributed by atoms with Crippen LogP contribution in [-0.2, 0) is 9.59 Å². The summed E-state index contributed by atoms with van der Waals surface area (Å²) < 4.78 is 0. The molecule has 0 aromatic heterocycles. The molecule has 124 valence electrons. The van der Waals surface area contributed by atoms with E-state index in [1.165, 1.54) is 0 Å². The van der Waals surface area contributed by atoms with Crippen molar-refractivity contribution >= 4 is 35.3 Å². The second-order valence-corrected chi connectivity index (χ2v) is 6.71. The minimum atomic E-state index is -0.531. The molecule has 6 nitrogen and oxygen atoms in total. The van der Waals surface area contributed by atoms with E-state index in [0.29, 0.717) is 12.1 Å². The van der Waals surface area contributed by atoms with E-state index in [0.717, 1.165) is 9.80 Å². The van der Waals surface area contributed by atoms with Crippen LogP contribution in [0.1, 0.15) is 20.3 Å². The maximum atomic E-state index is 12.2. The Labute approximate surface area is 140 Å². The quantitative estimate of drug-likeness (QED) is 0.618. The zero-order valence-electron chi connectivity index (χ0n) is 13.5. The Morgan fingerprint density at radius 2 is 1.96 bits per heavy atom. The van der Waals surface area contributed by atoms with Gasteiger partial charge in [-0.3, -0.25) is 14.5 Å². The van der Waals surface area contributed by atoms with Crippen molar-refractivity contribution < 1.29 is 14.4 Å². The van der Waals surface area contributed by atoms with E-state index < -0.39 is 18.0 Å². The average molecular weight is 335 g/mol. The number of urea groups is 1. The monoisotopic (exact) mass is 335 g/mol. The number of carbonyl (C=O) groups excluding carboxylic acids is 3. The zero-order valence-corrected chi connectivity index (χ0v) is 14.3. The summed E-state index contributed by atoms with van der Waals surface area (Å²) in [5.74, 6) is -0.444. The summed E-state index contributed by atoms with van der Waals surface area (Å²) in [6.07, 6.45) is 2.54. The van der Waals surface area contributed by atoms with E-state index in [1.54, 1.807) is 23.9 Å². The molecule has 1 aliphatic heterocycles. The third kappa shape index (κ3) is 4.48. The Bertz CT molecular complexity index is 601. The predicted molar refractivity (Wildman–Crippen MR) is 90.3 cm³/mol. The Morgan fingerprint density at radius 1 is 1.30 bits per heavy atom. The summed E-state index contributed by atoms with van der Waals surface area (Å²) in [4.78, 5) is 38.2. The van der Waals surface area contributed by atoms with Crippen LogP contribution < -0.4 is 10.6 Å². The Kier molecular flexibility index (Phi) is 5.65. The van der Waals surface area contributed by atoms with Crippen molar-refractivity contribution in [3.05, 3.63) is 24.3 Å². The maximum absolute atomic E-state index is 12.2. The highest BCUT2D eigenvalue weighted by Gasteiger charge is 2.38. The van der Waals surface area contributed by atoms with Crippen LogP contribution in [0.25, 0.3) is 0 Å². The van der Waals surface area contributed by atoms with Crippen LogP contribution >= 0.6 is 11.8 Å². The molecule has 1 aromatic carbocycles. The molecule has 1 atom stereocenters. The van der Waals surface area contributed by atoms with Crippen LogP contribution in [0.15, 0.2) is 29.2 Å². The molecular weight excluding hydrogens is 314 g/mol. The average Bonchev–Trinajstić information content (AvgIpc) is 2.75. The Balaban J connectivity index is 1.94. The first-order valence-corrected chi connectivity index (χ1v) is 8.69. The van der Waals surface area contributed by atoms with Crippen molar-refractivity contribution in [1.82, 2.24) is 10.2 Å². The Hall–Kier alpha value is -2.02. The van der Waals surface area contributed by atoms with Gasteiger partial charge < -0.3 is 10.6 Å². The fourth-order valence-corrected chi connectivity index (χ4v) is 2.78. The number of benzene rings is 1. The molecule has 0 saturated carbocycles. The van der Waals surface area contributed by atoms with E-state index >= 15 is 0 Å². The largest absolute Gasteiger partial charge is 0.326 e. The maximum Gasteiger partial charge on any atom is 0.325 e. The zero-order chi connectivity index (χ0) is 17.0. The van der Waals surface area contributed by atoms with Crippen LogP contribution in [0, 0.1) is 5.92 Å². The number of hydrogen-bond acceptors (Lipinski definition) is 4. The van der Waals surface area contributed by atoms with Crippen molar-refractivity contribution in [2.24, 2.45) is 5.92 Å². The fourth-order valence-electron chi connectivity index (χ4n) is 2.38. The molecule has 1 aromatic rings. The van der Waals surface area contributed by atoms with Crippen molar-refractivity contribution in [2.75, 3.05) is 18.1 Å². The molecule has 0 bridgehead atoms. The van der Waals surface area contributed by atoms with Crippen LogP contribution in [0.5, 0.6) is 0 Å². The third-order valence-electron chi connectivity index (χ3n) is 3.49. The number of imide groups is 1. The fraction of sp³-hybridized carbons (Fsp3) is 0.438. The molecule has 23 heavy (non-hydrogen) atoms. The SMILES string of the molecule is CSc1ccc(NC(=O)CN2C(=O)NC(CC(C)C)C2=O)cc1. The standard InChI is InChI=1S/C16H21N3O3S/c1-10(2)8-13-15(21)19(16(22)18-13)9-14(20)17-11-4-6-12(23-3)7-5-11/h4-7,10,13H,8-9H2,1-3H3,(H,17,20)(H,18,22). The van der Waals surface area contributed by atoms with E-state index in [4.69, 9.17) is 0 Å². The van der Waals surface area contributed by atoms with Gasteiger partial charge in [0.1, 0.15) is 12.6 Å². The van der Waals surface area contributed by atoms with Crippen LogP contribution in [-0.4, -0.2) is 41.6 Å². The lowest BCUT2D eigenvalue weighted by atomic mass is 10.0. The summed E-state index contributed by atoms with van der Waals surface area (Å²) >= 11 is 1.61. The van der Waals surface area contributed by atoms with E-state index in [-0.39, 0.29) is 18.4 Å². The van der Waals surface area contributed by atoms with Crippen LogP contribution in [0.4, 0.5) is 10.5 Å². The molecule has 0 radical (unpaired) electrons. The molecule has 1 fully saturated rings. The first-order valence-electron chi connectivity index (χ1n) is 7.46. The minimum Gasteiger partial charge on any atom is -0.326 e.